The van der Waals surface area contributed by atoms with Crippen LogP contribution in [0.1, 0.15) is 16.7 Å². The van der Waals surface area contributed by atoms with E-state index in [4.69, 9.17) is 0 Å². The molecule has 0 amide bonds. The maximum Gasteiger partial charge on any atom is 0.276 e. The second kappa shape index (κ2) is 6.14. The molecule has 2 aromatic carbocycles. The van der Waals surface area contributed by atoms with Gasteiger partial charge in [0.15, 0.2) is 0 Å². The number of aryl methyl sites for hydroxylation is 1. The number of rotatable bonds is 3. The highest BCUT2D eigenvalue weighted by Crippen LogP contribution is 2.24. The molecule has 0 unspecified atom stereocenters. The van der Waals surface area contributed by atoms with E-state index in [2.05, 4.69) is 9.93 Å². The first-order valence-electron chi connectivity index (χ1n) is 6.87. The van der Waals surface area contributed by atoms with Crippen LogP contribution in [0.3, 0.4) is 0 Å². The first kappa shape index (κ1) is 15.1. The highest BCUT2D eigenvalue weighted by molar-refractivity contribution is 7.99. The molecule has 1 heterocycles. The van der Waals surface area contributed by atoms with Gasteiger partial charge in [0.05, 0.1) is 10.6 Å². The van der Waals surface area contributed by atoms with Gasteiger partial charge in [-0.15, -0.1) is 0 Å². The van der Waals surface area contributed by atoms with E-state index in [1.54, 1.807) is 36.0 Å². The van der Waals surface area contributed by atoms with Crippen molar-refractivity contribution in [1.82, 2.24) is 4.83 Å². The summed E-state index contributed by atoms with van der Waals surface area (Å²) in [6.07, 6.45) is 0. The van der Waals surface area contributed by atoms with Crippen LogP contribution in [0.4, 0.5) is 0 Å². The van der Waals surface area contributed by atoms with Gasteiger partial charge in [0.25, 0.3) is 10.0 Å². The topological polar surface area (TPSA) is 58.5 Å². The molecule has 0 atom stereocenters. The molecule has 1 aliphatic rings. The van der Waals surface area contributed by atoms with E-state index in [0.29, 0.717) is 5.75 Å². The van der Waals surface area contributed by atoms with E-state index in [0.717, 1.165) is 22.6 Å². The number of hydrazone groups is 1. The molecular weight excluding hydrogens is 316 g/mol. The van der Waals surface area contributed by atoms with Gasteiger partial charge < -0.3 is 0 Å². The Morgan fingerprint density at radius 3 is 2.55 bits per heavy atom. The quantitative estimate of drug-likeness (QED) is 0.879. The molecule has 0 bridgehead atoms. The summed E-state index contributed by atoms with van der Waals surface area (Å²) >= 11 is 1.73. The highest BCUT2D eigenvalue weighted by atomic mass is 32.2. The monoisotopic (exact) mass is 332 g/mol. The van der Waals surface area contributed by atoms with Gasteiger partial charge in [-0.2, -0.15) is 30.1 Å². The first-order valence-corrected chi connectivity index (χ1v) is 9.51. The minimum atomic E-state index is -3.63. The van der Waals surface area contributed by atoms with Crippen LogP contribution in [0, 0.1) is 6.92 Å². The summed E-state index contributed by atoms with van der Waals surface area (Å²) in [5.74, 6) is 1.63. The molecule has 0 spiro atoms. The van der Waals surface area contributed by atoms with E-state index in [1.165, 1.54) is 5.56 Å². The predicted octanol–water partition coefficient (Wildman–Crippen LogP) is 2.92. The summed E-state index contributed by atoms with van der Waals surface area (Å²) < 4.78 is 24.5. The molecule has 0 saturated carbocycles. The van der Waals surface area contributed by atoms with Gasteiger partial charge in [-0.05, 0) is 24.6 Å². The Labute approximate surface area is 134 Å². The predicted molar refractivity (Wildman–Crippen MR) is 90.6 cm³/mol. The van der Waals surface area contributed by atoms with Gasteiger partial charge in [0.1, 0.15) is 0 Å². The Balaban J connectivity index is 1.87. The largest absolute Gasteiger partial charge is 0.276 e. The summed E-state index contributed by atoms with van der Waals surface area (Å²) in [5.41, 5.74) is 3.99. The van der Waals surface area contributed by atoms with Gasteiger partial charge in [-0.1, -0.05) is 42.0 Å². The molecule has 1 N–H and O–H groups in total. The third kappa shape index (κ3) is 3.18. The van der Waals surface area contributed by atoms with Crippen molar-refractivity contribution < 1.29 is 8.42 Å². The van der Waals surface area contributed by atoms with Gasteiger partial charge in [-0.25, -0.2) is 0 Å². The number of nitrogens with zero attached hydrogens (tertiary/aromatic N) is 1. The van der Waals surface area contributed by atoms with E-state index in [-0.39, 0.29) is 4.90 Å². The summed E-state index contributed by atoms with van der Waals surface area (Å²) in [6, 6.07) is 14.7. The zero-order valence-electron chi connectivity index (χ0n) is 12.1. The van der Waals surface area contributed by atoms with E-state index >= 15 is 0 Å². The number of nitrogens with one attached hydrogen (secondary N) is 1. The van der Waals surface area contributed by atoms with Crippen molar-refractivity contribution in [3.8, 4) is 0 Å². The molecule has 0 aromatic heterocycles. The number of thioether (sulfide) groups is 1. The molecule has 0 saturated heterocycles. The first-order chi connectivity index (χ1) is 10.6. The number of sulfonamides is 1. The van der Waals surface area contributed by atoms with Crippen LogP contribution in [-0.4, -0.2) is 19.9 Å². The summed E-state index contributed by atoms with van der Waals surface area (Å²) in [7, 11) is -3.63. The normalized spacial score (nSPS) is 16.3. The smallest absolute Gasteiger partial charge is 0.200 e. The third-order valence-electron chi connectivity index (χ3n) is 3.46. The van der Waals surface area contributed by atoms with Crippen LogP contribution in [0.15, 0.2) is 58.5 Å². The number of benzene rings is 2. The SMILES string of the molecule is Cc1ccc(S(=O)(=O)N/N=C2/CSCc3ccccc32)cc1. The molecule has 1 aliphatic heterocycles. The Morgan fingerprint density at radius 2 is 1.77 bits per heavy atom. The lowest BCUT2D eigenvalue weighted by Gasteiger charge is -2.17. The van der Waals surface area contributed by atoms with Crippen LogP contribution in [0.2, 0.25) is 0 Å². The molecule has 6 heteroatoms. The zero-order valence-corrected chi connectivity index (χ0v) is 13.7. The van der Waals surface area contributed by atoms with Crippen LogP contribution in [0.5, 0.6) is 0 Å². The molecule has 114 valence electrons. The number of fused-ring (bicyclic) bond motifs is 1. The Morgan fingerprint density at radius 1 is 1.05 bits per heavy atom. The number of hydrogen-bond donors (Lipinski definition) is 1. The van der Waals surface area contributed by atoms with Gasteiger partial charge in [0, 0.05) is 17.1 Å². The summed E-state index contributed by atoms with van der Waals surface area (Å²) in [5, 5.41) is 4.15. The second-order valence-corrected chi connectivity index (χ2v) is 7.76. The zero-order chi connectivity index (χ0) is 15.6. The fraction of sp³-hybridized carbons (Fsp3) is 0.188. The van der Waals surface area contributed by atoms with Crippen molar-refractivity contribution >= 4 is 27.5 Å². The summed E-state index contributed by atoms with van der Waals surface area (Å²) in [4.78, 5) is 2.57. The maximum atomic E-state index is 12.3. The maximum absolute atomic E-state index is 12.3. The van der Waals surface area contributed by atoms with Gasteiger partial charge in [-0.3, -0.25) is 0 Å². The van der Waals surface area contributed by atoms with Crippen molar-refractivity contribution in [3.63, 3.8) is 0 Å². The Kier molecular flexibility index (Phi) is 4.22. The van der Waals surface area contributed by atoms with Crippen molar-refractivity contribution in [1.29, 1.82) is 0 Å². The minimum absolute atomic E-state index is 0.221. The average Bonchev–Trinajstić information content (AvgIpc) is 2.53. The molecule has 4 nitrogen and oxygen atoms in total. The van der Waals surface area contributed by atoms with Crippen LogP contribution in [-0.2, 0) is 15.8 Å². The lowest BCUT2D eigenvalue weighted by Crippen LogP contribution is -2.23. The molecule has 0 aliphatic carbocycles. The average molecular weight is 332 g/mol. The molecule has 3 rings (SSSR count). The summed E-state index contributed by atoms with van der Waals surface area (Å²) in [6.45, 7) is 1.92. The standard InChI is InChI=1S/C16H16N2O2S2/c1-12-6-8-14(9-7-12)22(19,20)18-17-16-11-21-10-13-4-2-3-5-15(13)16/h2-9,18H,10-11H2,1H3/b17-16-. The fourth-order valence-electron chi connectivity index (χ4n) is 2.24. The fourth-order valence-corrected chi connectivity index (χ4v) is 4.06. The highest BCUT2D eigenvalue weighted by Gasteiger charge is 2.17. The van der Waals surface area contributed by atoms with Gasteiger partial charge in [0.2, 0.25) is 0 Å². The van der Waals surface area contributed by atoms with Crippen molar-refractivity contribution in [2.75, 3.05) is 5.75 Å². The lowest BCUT2D eigenvalue weighted by molar-refractivity contribution is 0.584. The van der Waals surface area contributed by atoms with Gasteiger partial charge >= 0.3 is 0 Å². The lowest BCUT2D eigenvalue weighted by atomic mass is 10.1. The third-order valence-corrected chi connectivity index (χ3v) is 5.67. The van der Waals surface area contributed by atoms with Crippen molar-refractivity contribution in [2.24, 2.45) is 5.10 Å². The van der Waals surface area contributed by atoms with Crippen molar-refractivity contribution in [3.05, 3.63) is 65.2 Å². The second-order valence-electron chi connectivity index (χ2n) is 5.12. The van der Waals surface area contributed by atoms with Crippen LogP contribution >= 0.6 is 11.8 Å². The van der Waals surface area contributed by atoms with Crippen LogP contribution < -0.4 is 4.83 Å². The van der Waals surface area contributed by atoms with Crippen LogP contribution in [0.25, 0.3) is 0 Å². The molecule has 0 fully saturated rings. The molecular formula is C16H16N2O2S2. The molecule has 22 heavy (non-hydrogen) atoms. The Hall–Kier alpha value is -1.79. The van der Waals surface area contributed by atoms with E-state index < -0.39 is 10.0 Å². The van der Waals surface area contributed by atoms with Crippen molar-refractivity contribution in [2.45, 2.75) is 17.6 Å². The van der Waals surface area contributed by atoms with E-state index in [1.807, 2.05) is 31.2 Å². The molecule has 0 radical (unpaired) electrons. The number of hydrogen-bond acceptors (Lipinski definition) is 4. The molecule has 2 aromatic rings. The van der Waals surface area contributed by atoms with E-state index in [9.17, 15) is 8.42 Å². The minimum Gasteiger partial charge on any atom is -0.200 e. The Bertz CT molecular complexity index is 812.